The summed E-state index contributed by atoms with van der Waals surface area (Å²) in [7, 11) is 0. The van der Waals surface area contributed by atoms with Crippen molar-refractivity contribution in [1.29, 1.82) is 0 Å². The van der Waals surface area contributed by atoms with Crippen LogP contribution in [0.15, 0.2) is 51.6 Å². The van der Waals surface area contributed by atoms with Crippen LogP contribution in [0.4, 0.5) is 0 Å². The molecular formula is C20H20BrN3O4. The second kappa shape index (κ2) is 8.43. The first-order valence-corrected chi connectivity index (χ1v) is 9.55. The molecule has 0 spiro atoms. The molecule has 0 aliphatic heterocycles. The molecule has 8 heteroatoms. The maximum atomic E-state index is 12.7. The number of benzene rings is 1. The number of nitrogens with zero attached hydrogens (tertiary/aromatic N) is 2. The fraction of sp³-hybridized carbons (Fsp3) is 0.250. The Morgan fingerprint density at radius 1 is 1.25 bits per heavy atom. The van der Waals surface area contributed by atoms with E-state index in [0.717, 1.165) is 11.4 Å². The van der Waals surface area contributed by atoms with Crippen molar-refractivity contribution in [1.82, 2.24) is 15.1 Å². The van der Waals surface area contributed by atoms with Crippen LogP contribution in [0.25, 0.3) is 5.69 Å². The summed E-state index contributed by atoms with van der Waals surface area (Å²) >= 11 is 3.26. The quantitative estimate of drug-likeness (QED) is 0.581. The van der Waals surface area contributed by atoms with Crippen molar-refractivity contribution < 1.29 is 18.7 Å². The van der Waals surface area contributed by atoms with Gasteiger partial charge in [0.2, 0.25) is 5.76 Å². The van der Waals surface area contributed by atoms with Crippen LogP contribution in [-0.2, 0) is 9.53 Å². The fourth-order valence-electron chi connectivity index (χ4n) is 3.02. The van der Waals surface area contributed by atoms with E-state index < -0.39 is 17.9 Å². The number of halogens is 1. The number of para-hydroxylation sites is 1. The number of furan rings is 1. The molecule has 0 radical (unpaired) electrons. The molecule has 1 atom stereocenters. The molecule has 2 aromatic heterocycles. The highest BCUT2D eigenvalue weighted by Gasteiger charge is 2.31. The van der Waals surface area contributed by atoms with Crippen LogP contribution in [0.2, 0.25) is 0 Å². The van der Waals surface area contributed by atoms with Gasteiger partial charge in [-0.3, -0.25) is 4.79 Å². The summed E-state index contributed by atoms with van der Waals surface area (Å²) in [6.07, 6.45) is 1.39. The molecule has 3 rings (SSSR count). The Morgan fingerprint density at radius 2 is 1.96 bits per heavy atom. The summed E-state index contributed by atoms with van der Waals surface area (Å²) in [6, 6.07) is 10.2. The van der Waals surface area contributed by atoms with Crippen LogP contribution in [0.5, 0.6) is 0 Å². The van der Waals surface area contributed by atoms with Gasteiger partial charge in [-0.2, -0.15) is 5.10 Å². The van der Waals surface area contributed by atoms with Crippen LogP contribution < -0.4 is 5.32 Å². The van der Waals surface area contributed by atoms with Crippen molar-refractivity contribution >= 4 is 27.8 Å². The number of hydrogen-bond acceptors (Lipinski definition) is 5. The second-order valence-corrected chi connectivity index (χ2v) is 6.94. The summed E-state index contributed by atoms with van der Waals surface area (Å²) < 4.78 is 12.6. The SMILES string of the molecule is CCOC(=O)[C@@H](NC(=O)c1occc1Br)c1c(C)nn(-c2ccccc2)c1C. The van der Waals surface area contributed by atoms with Crippen molar-refractivity contribution in [2.24, 2.45) is 0 Å². The van der Waals surface area contributed by atoms with Crippen molar-refractivity contribution in [2.75, 3.05) is 6.61 Å². The number of carbonyl (C=O) groups is 2. The van der Waals surface area contributed by atoms with E-state index in [1.807, 2.05) is 37.3 Å². The standard InChI is InChI=1S/C20H20BrN3O4/c1-4-27-20(26)17(22-19(25)18-15(21)10-11-28-18)16-12(2)23-24(13(16)3)14-8-6-5-7-9-14/h5-11,17H,4H2,1-3H3,(H,22,25)/t17-/m0/s1. The smallest absolute Gasteiger partial charge is 0.333 e. The fourth-order valence-corrected chi connectivity index (χ4v) is 3.40. The van der Waals surface area contributed by atoms with Gasteiger partial charge in [-0.25, -0.2) is 9.48 Å². The molecule has 1 N–H and O–H groups in total. The average Bonchev–Trinajstić information content (AvgIpc) is 3.24. The molecule has 0 fully saturated rings. The molecule has 1 amide bonds. The Balaban J connectivity index is 2.01. The Kier molecular flexibility index (Phi) is 5.99. The van der Waals surface area contributed by atoms with Gasteiger partial charge in [0.15, 0.2) is 6.04 Å². The zero-order valence-corrected chi connectivity index (χ0v) is 17.3. The summed E-state index contributed by atoms with van der Waals surface area (Å²) in [5, 5.41) is 7.27. The van der Waals surface area contributed by atoms with Crippen LogP contribution in [0, 0.1) is 13.8 Å². The first-order chi connectivity index (χ1) is 13.4. The summed E-state index contributed by atoms with van der Waals surface area (Å²) in [5.41, 5.74) is 2.81. The van der Waals surface area contributed by atoms with Gasteiger partial charge in [0.1, 0.15) is 0 Å². The average molecular weight is 446 g/mol. The lowest BCUT2D eigenvalue weighted by molar-refractivity contribution is -0.145. The Bertz CT molecular complexity index is 994. The Hall–Kier alpha value is -2.87. The monoisotopic (exact) mass is 445 g/mol. The zero-order valence-electron chi connectivity index (χ0n) is 15.7. The van der Waals surface area contributed by atoms with Crippen molar-refractivity contribution in [3.05, 3.63) is 69.8 Å². The minimum Gasteiger partial charge on any atom is -0.464 e. The van der Waals surface area contributed by atoms with Gasteiger partial charge in [-0.05, 0) is 54.9 Å². The minimum atomic E-state index is -1.01. The number of aromatic nitrogens is 2. The molecule has 7 nitrogen and oxygen atoms in total. The van der Waals surface area contributed by atoms with E-state index in [2.05, 4.69) is 26.3 Å². The van der Waals surface area contributed by atoms with E-state index >= 15 is 0 Å². The summed E-state index contributed by atoms with van der Waals surface area (Å²) in [4.78, 5) is 25.3. The summed E-state index contributed by atoms with van der Waals surface area (Å²) in [6.45, 7) is 5.56. The molecule has 0 bridgehead atoms. The lowest BCUT2D eigenvalue weighted by Crippen LogP contribution is -2.35. The van der Waals surface area contributed by atoms with Gasteiger partial charge < -0.3 is 14.5 Å². The maximum Gasteiger partial charge on any atom is 0.333 e. The third kappa shape index (κ3) is 3.87. The zero-order chi connectivity index (χ0) is 20.3. The van der Waals surface area contributed by atoms with E-state index in [1.165, 1.54) is 6.26 Å². The lowest BCUT2D eigenvalue weighted by Gasteiger charge is -2.18. The topological polar surface area (TPSA) is 86.4 Å². The molecule has 1 aromatic carbocycles. The number of ether oxygens (including phenoxy) is 1. The van der Waals surface area contributed by atoms with E-state index in [1.54, 1.807) is 24.6 Å². The molecule has 3 aromatic rings. The number of aryl methyl sites for hydroxylation is 1. The van der Waals surface area contributed by atoms with Crippen molar-refractivity contribution in [2.45, 2.75) is 26.8 Å². The number of esters is 1. The van der Waals surface area contributed by atoms with Gasteiger partial charge >= 0.3 is 5.97 Å². The van der Waals surface area contributed by atoms with E-state index in [4.69, 9.17) is 9.15 Å². The van der Waals surface area contributed by atoms with Crippen LogP contribution >= 0.6 is 15.9 Å². The van der Waals surface area contributed by atoms with Crippen LogP contribution in [0.3, 0.4) is 0 Å². The normalized spacial score (nSPS) is 11.9. The van der Waals surface area contributed by atoms with Crippen LogP contribution in [-0.4, -0.2) is 28.3 Å². The predicted molar refractivity (Wildman–Crippen MR) is 106 cm³/mol. The largest absolute Gasteiger partial charge is 0.464 e. The number of rotatable bonds is 6. The maximum absolute atomic E-state index is 12.7. The van der Waals surface area contributed by atoms with Gasteiger partial charge in [0.25, 0.3) is 5.91 Å². The first-order valence-electron chi connectivity index (χ1n) is 8.76. The number of hydrogen-bond donors (Lipinski definition) is 1. The third-order valence-electron chi connectivity index (χ3n) is 4.26. The van der Waals surface area contributed by atoms with E-state index in [9.17, 15) is 9.59 Å². The van der Waals surface area contributed by atoms with E-state index in [0.29, 0.717) is 15.7 Å². The number of amides is 1. The molecule has 2 heterocycles. The van der Waals surface area contributed by atoms with Crippen molar-refractivity contribution in [3.63, 3.8) is 0 Å². The predicted octanol–water partition coefficient (Wildman–Crippen LogP) is 3.88. The Labute approximate surface area is 170 Å². The summed E-state index contributed by atoms with van der Waals surface area (Å²) in [5.74, 6) is -1.00. The molecule has 146 valence electrons. The minimum absolute atomic E-state index is 0.0834. The number of carbonyl (C=O) groups excluding carboxylic acids is 2. The highest BCUT2D eigenvalue weighted by Crippen LogP contribution is 2.26. The van der Waals surface area contributed by atoms with Gasteiger partial charge in [0, 0.05) is 11.3 Å². The van der Waals surface area contributed by atoms with Gasteiger partial charge in [-0.15, -0.1) is 0 Å². The third-order valence-corrected chi connectivity index (χ3v) is 4.88. The number of nitrogens with one attached hydrogen (secondary N) is 1. The molecule has 0 unspecified atom stereocenters. The highest BCUT2D eigenvalue weighted by molar-refractivity contribution is 9.10. The lowest BCUT2D eigenvalue weighted by atomic mass is 10.0. The molecule has 0 saturated carbocycles. The molecule has 0 aliphatic rings. The molecule has 0 aliphatic carbocycles. The van der Waals surface area contributed by atoms with E-state index in [-0.39, 0.29) is 12.4 Å². The first kappa shape index (κ1) is 19.9. The van der Waals surface area contributed by atoms with Gasteiger partial charge in [0.05, 0.1) is 28.7 Å². The molecular weight excluding hydrogens is 426 g/mol. The molecule has 0 saturated heterocycles. The second-order valence-electron chi connectivity index (χ2n) is 6.09. The Morgan fingerprint density at radius 3 is 2.57 bits per heavy atom. The highest BCUT2D eigenvalue weighted by atomic mass is 79.9. The van der Waals surface area contributed by atoms with Crippen molar-refractivity contribution in [3.8, 4) is 5.69 Å². The van der Waals surface area contributed by atoms with Gasteiger partial charge in [-0.1, -0.05) is 18.2 Å². The van der Waals surface area contributed by atoms with Crippen LogP contribution in [0.1, 0.15) is 40.5 Å². The molecule has 28 heavy (non-hydrogen) atoms.